The highest BCUT2D eigenvalue weighted by atomic mass is 16.6. The van der Waals surface area contributed by atoms with Gasteiger partial charge in [0.15, 0.2) is 5.58 Å². The number of fused-ring (bicyclic) bond motifs is 1. The molecule has 1 aromatic carbocycles. The number of hydrogen-bond acceptors (Lipinski definition) is 6. The SMILES string of the molecule is CCC1OCCC1CNc1nc2ccc([N+](=O)[O-])cc2o1. The second-order valence-corrected chi connectivity index (χ2v) is 5.18. The van der Waals surface area contributed by atoms with Gasteiger partial charge in [-0.3, -0.25) is 10.1 Å². The molecule has 0 amide bonds. The van der Waals surface area contributed by atoms with Crippen molar-refractivity contribution in [2.45, 2.75) is 25.9 Å². The minimum absolute atomic E-state index is 0.000407. The summed E-state index contributed by atoms with van der Waals surface area (Å²) >= 11 is 0. The lowest BCUT2D eigenvalue weighted by molar-refractivity contribution is -0.384. The fourth-order valence-corrected chi connectivity index (χ4v) is 2.70. The van der Waals surface area contributed by atoms with E-state index < -0.39 is 4.92 Å². The first-order chi connectivity index (χ1) is 10.2. The van der Waals surface area contributed by atoms with E-state index in [9.17, 15) is 10.1 Å². The molecule has 21 heavy (non-hydrogen) atoms. The molecule has 7 heteroatoms. The fraction of sp³-hybridized carbons (Fsp3) is 0.500. The molecule has 0 spiro atoms. The molecule has 1 fully saturated rings. The van der Waals surface area contributed by atoms with E-state index in [1.54, 1.807) is 6.07 Å². The summed E-state index contributed by atoms with van der Waals surface area (Å²) < 4.78 is 11.2. The molecular weight excluding hydrogens is 274 g/mol. The number of benzene rings is 1. The van der Waals surface area contributed by atoms with Crippen molar-refractivity contribution >= 4 is 22.8 Å². The van der Waals surface area contributed by atoms with Crippen LogP contribution in [0, 0.1) is 16.0 Å². The summed E-state index contributed by atoms with van der Waals surface area (Å²) in [6.45, 7) is 3.64. The topological polar surface area (TPSA) is 90.4 Å². The summed E-state index contributed by atoms with van der Waals surface area (Å²) in [5.74, 6) is 0.444. The Morgan fingerprint density at radius 1 is 1.52 bits per heavy atom. The van der Waals surface area contributed by atoms with E-state index in [0.29, 0.717) is 23.0 Å². The van der Waals surface area contributed by atoms with Crippen molar-refractivity contribution in [3.8, 4) is 0 Å². The molecule has 112 valence electrons. The highest BCUT2D eigenvalue weighted by molar-refractivity contribution is 5.77. The minimum Gasteiger partial charge on any atom is -0.423 e. The van der Waals surface area contributed by atoms with Gasteiger partial charge in [0.1, 0.15) is 5.52 Å². The zero-order valence-electron chi connectivity index (χ0n) is 11.7. The maximum Gasteiger partial charge on any atom is 0.295 e. The number of hydrogen-bond donors (Lipinski definition) is 1. The summed E-state index contributed by atoms with van der Waals surface area (Å²) in [4.78, 5) is 14.6. The zero-order chi connectivity index (χ0) is 14.8. The van der Waals surface area contributed by atoms with E-state index in [1.165, 1.54) is 12.1 Å². The Balaban J connectivity index is 1.71. The van der Waals surface area contributed by atoms with E-state index >= 15 is 0 Å². The molecule has 2 atom stereocenters. The van der Waals surface area contributed by atoms with Gasteiger partial charge in [-0.2, -0.15) is 4.98 Å². The van der Waals surface area contributed by atoms with Crippen molar-refractivity contribution in [1.29, 1.82) is 0 Å². The summed E-state index contributed by atoms with van der Waals surface area (Å²) in [5.41, 5.74) is 1.03. The van der Waals surface area contributed by atoms with Crippen LogP contribution in [-0.2, 0) is 4.74 Å². The van der Waals surface area contributed by atoms with Gasteiger partial charge in [-0.25, -0.2) is 0 Å². The third-order valence-electron chi connectivity index (χ3n) is 3.85. The predicted molar refractivity (Wildman–Crippen MR) is 77.3 cm³/mol. The van der Waals surface area contributed by atoms with Gasteiger partial charge < -0.3 is 14.5 Å². The number of nitrogens with zero attached hydrogens (tertiary/aromatic N) is 2. The Morgan fingerprint density at radius 2 is 2.38 bits per heavy atom. The fourth-order valence-electron chi connectivity index (χ4n) is 2.70. The van der Waals surface area contributed by atoms with Crippen LogP contribution < -0.4 is 5.32 Å². The highest BCUT2D eigenvalue weighted by Crippen LogP contribution is 2.26. The van der Waals surface area contributed by atoms with E-state index in [1.807, 2.05) is 0 Å². The van der Waals surface area contributed by atoms with E-state index in [-0.39, 0.29) is 11.8 Å². The molecule has 0 aliphatic carbocycles. The Kier molecular flexibility index (Phi) is 3.74. The monoisotopic (exact) mass is 291 g/mol. The summed E-state index contributed by atoms with van der Waals surface area (Å²) in [5, 5.41) is 13.9. The van der Waals surface area contributed by atoms with Crippen LogP contribution >= 0.6 is 0 Å². The second-order valence-electron chi connectivity index (χ2n) is 5.18. The Hall–Kier alpha value is -2.15. The molecule has 1 aromatic heterocycles. The number of nitro benzene ring substituents is 1. The van der Waals surface area contributed by atoms with Crippen LogP contribution in [0.3, 0.4) is 0 Å². The number of anilines is 1. The lowest BCUT2D eigenvalue weighted by Crippen LogP contribution is -2.22. The van der Waals surface area contributed by atoms with Crippen LogP contribution in [0.2, 0.25) is 0 Å². The first kappa shape index (κ1) is 13.8. The lowest BCUT2D eigenvalue weighted by Gasteiger charge is -2.16. The van der Waals surface area contributed by atoms with Crippen LogP contribution in [0.5, 0.6) is 0 Å². The van der Waals surface area contributed by atoms with Gasteiger partial charge in [-0.15, -0.1) is 0 Å². The van der Waals surface area contributed by atoms with Gasteiger partial charge in [0.2, 0.25) is 0 Å². The molecule has 2 aromatic rings. The molecule has 1 aliphatic heterocycles. The molecule has 7 nitrogen and oxygen atoms in total. The second kappa shape index (κ2) is 5.69. The number of ether oxygens (including phenoxy) is 1. The van der Waals surface area contributed by atoms with Crippen molar-refractivity contribution < 1.29 is 14.1 Å². The van der Waals surface area contributed by atoms with Crippen LogP contribution in [0.4, 0.5) is 11.7 Å². The molecule has 1 aliphatic rings. The maximum atomic E-state index is 10.7. The Bertz CT molecular complexity index is 655. The van der Waals surface area contributed by atoms with Gasteiger partial charge in [-0.1, -0.05) is 6.92 Å². The molecule has 1 N–H and O–H groups in total. The molecule has 0 radical (unpaired) electrons. The number of oxazole rings is 1. The van der Waals surface area contributed by atoms with Crippen LogP contribution in [-0.4, -0.2) is 29.2 Å². The van der Waals surface area contributed by atoms with E-state index in [4.69, 9.17) is 9.15 Å². The molecule has 2 heterocycles. The van der Waals surface area contributed by atoms with Gasteiger partial charge in [0.25, 0.3) is 11.7 Å². The van der Waals surface area contributed by atoms with Crippen molar-refractivity contribution in [3.63, 3.8) is 0 Å². The van der Waals surface area contributed by atoms with Crippen molar-refractivity contribution in [2.24, 2.45) is 5.92 Å². The maximum absolute atomic E-state index is 10.7. The normalized spacial score (nSPS) is 21.8. The summed E-state index contributed by atoms with van der Waals surface area (Å²) in [6, 6.07) is 4.80. The highest BCUT2D eigenvalue weighted by Gasteiger charge is 2.26. The smallest absolute Gasteiger partial charge is 0.295 e. The average Bonchev–Trinajstić information content (AvgIpc) is 3.09. The van der Waals surface area contributed by atoms with Crippen LogP contribution in [0.1, 0.15) is 19.8 Å². The lowest BCUT2D eigenvalue weighted by atomic mass is 10.00. The van der Waals surface area contributed by atoms with Gasteiger partial charge in [0.05, 0.1) is 17.1 Å². The number of rotatable bonds is 5. The predicted octanol–water partition coefficient (Wildman–Crippen LogP) is 2.96. The van der Waals surface area contributed by atoms with E-state index in [0.717, 1.165) is 26.0 Å². The standard InChI is InChI=1S/C14H17N3O4/c1-2-12-9(5-6-20-12)8-15-14-16-11-4-3-10(17(18)19)7-13(11)21-14/h3-4,7,9,12H,2,5-6,8H2,1H3,(H,15,16). The van der Waals surface area contributed by atoms with Crippen LogP contribution in [0.25, 0.3) is 11.1 Å². The number of non-ortho nitro benzene ring substituents is 1. The molecule has 3 rings (SSSR count). The largest absolute Gasteiger partial charge is 0.423 e. The third kappa shape index (κ3) is 2.82. The van der Waals surface area contributed by atoms with Gasteiger partial charge in [0, 0.05) is 25.1 Å². The quantitative estimate of drug-likeness (QED) is 0.672. The molecule has 0 saturated carbocycles. The van der Waals surface area contributed by atoms with Crippen molar-refractivity contribution in [3.05, 3.63) is 28.3 Å². The number of nitro groups is 1. The Labute approximate surface area is 121 Å². The van der Waals surface area contributed by atoms with Crippen molar-refractivity contribution in [1.82, 2.24) is 4.98 Å². The van der Waals surface area contributed by atoms with E-state index in [2.05, 4.69) is 17.2 Å². The Morgan fingerprint density at radius 3 is 3.14 bits per heavy atom. The van der Waals surface area contributed by atoms with Crippen LogP contribution in [0.15, 0.2) is 22.6 Å². The van der Waals surface area contributed by atoms with Crippen molar-refractivity contribution in [2.75, 3.05) is 18.5 Å². The first-order valence-electron chi connectivity index (χ1n) is 7.08. The molecular formula is C14H17N3O4. The average molecular weight is 291 g/mol. The summed E-state index contributed by atoms with van der Waals surface area (Å²) in [7, 11) is 0. The molecule has 2 unspecified atom stereocenters. The number of nitrogens with one attached hydrogen (secondary N) is 1. The third-order valence-corrected chi connectivity index (χ3v) is 3.85. The molecule has 0 bridgehead atoms. The van der Waals surface area contributed by atoms with Gasteiger partial charge in [-0.05, 0) is 18.9 Å². The first-order valence-corrected chi connectivity index (χ1v) is 7.08. The minimum atomic E-state index is -0.448. The zero-order valence-corrected chi connectivity index (χ0v) is 11.7. The number of aromatic nitrogens is 1. The molecule has 1 saturated heterocycles. The summed E-state index contributed by atoms with van der Waals surface area (Å²) in [6.07, 6.45) is 2.30. The van der Waals surface area contributed by atoms with Gasteiger partial charge >= 0.3 is 0 Å².